The molecular weight excluding hydrogens is 347 g/mol. The normalized spacial score (nSPS) is 11.4. The van der Waals surface area contributed by atoms with Gasteiger partial charge >= 0.3 is 0 Å². The summed E-state index contributed by atoms with van der Waals surface area (Å²) >= 11 is 0. The lowest BCUT2D eigenvalue weighted by Gasteiger charge is -2.16. The maximum Gasteiger partial charge on any atom is 0.241 e. The van der Waals surface area contributed by atoms with E-state index in [1.54, 1.807) is 38.0 Å². The van der Waals surface area contributed by atoms with Crippen molar-refractivity contribution in [2.24, 2.45) is 0 Å². The van der Waals surface area contributed by atoms with Crippen LogP contribution in [-0.2, 0) is 16.6 Å². The van der Waals surface area contributed by atoms with Crippen LogP contribution in [0.25, 0.3) is 0 Å². The summed E-state index contributed by atoms with van der Waals surface area (Å²) in [7, 11) is 3.31. The van der Waals surface area contributed by atoms with Crippen molar-refractivity contribution >= 4 is 21.9 Å². The number of rotatable bonds is 6. The smallest absolute Gasteiger partial charge is 0.241 e. The zero-order valence-electron chi connectivity index (χ0n) is 14.8. The van der Waals surface area contributed by atoms with Crippen LogP contribution < -0.4 is 14.5 Å². The number of nitrogens with one attached hydrogen (secondary N) is 1. The van der Waals surface area contributed by atoms with Crippen molar-refractivity contribution < 1.29 is 12.8 Å². The van der Waals surface area contributed by atoms with E-state index in [1.165, 1.54) is 19.1 Å². The van der Waals surface area contributed by atoms with Crippen LogP contribution in [0.5, 0.6) is 0 Å². The lowest BCUT2D eigenvalue weighted by atomic mass is 10.2. The molecule has 0 unspecified atom stereocenters. The molecule has 0 amide bonds. The van der Waals surface area contributed by atoms with Gasteiger partial charge < -0.3 is 9.80 Å². The molecule has 0 saturated heterocycles. The van der Waals surface area contributed by atoms with E-state index in [0.717, 1.165) is 6.07 Å². The van der Waals surface area contributed by atoms with Gasteiger partial charge in [-0.2, -0.15) is 15.0 Å². The molecule has 0 fully saturated rings. The topological polar surface area (TPSA) is 91.3 Å². The van der Waals surface area contributed by atoms with Gasteiger partial charge in [-0.25, -0.2) is 17.5 Å². The third-order valence-corrected chi connectivity index (χ3v) is 4.87. The van der Waals surface area contributed by atoms with Crippen molar-refractivity contribution in [2.75, 3.05) is 38.0 Å². The second-order valence-corrected chi connectivity index (χ2v) is 7.61. The van der Waals surface area contributed by atoms with Crippen LogP contribution in [0.3, 0.4) is 0 Å². The van der Waals surface area contributed by atoms with E-state index in [4.69, 9.17) is 0 Å². The SMILES string of the molecule is Cc1cc(F)ccc1S(=O)(=O)NCc1nc(N(C)C)nc(N(C)C)n1. The van der Waals surface area contributed by atoms with Crippen LogP contribution >= 0.6 is 0 Å². The summed E-state index contributed by atoms with van der Waals surface area (Å²) in [5, 5.41) is 0. The van der Waals surface area contributed by atoms with Gasteiger partial charge in [-0.15, -0.1) is 0 Å². The summed E-state index contributed by atoms with van der Waals surface area (Å²) in [6.07, 6.45) is 0. The standard InChI is InChI=1S/C15H21FN6O2S/c1-10-8-11(16)6-7-12(10)25(23,24)17-9-13-18-14(21(2)3)20-15(19-13)22(4)5/h6-8,17H,9H2,1-5H3. The summed E-state index contributed by atoms with van der Waals surface area (Å²) in [6.45, 7) is 1.43. The predicted octanol–water partition coefficient (Wildman–Crippen LogP) is 0.930. The molecule has 0 saturated carbocycles. The van der Waals surface area contributed by atoms with E-state index in [2.05, 4.69) is 19.7 Å². The van der Waals surface area contributed by atoms with Gasteiger partial charge in [-0.1, -0.05) is 0 Å². The number of halogens is 1. The molecule has 2 rings (SSSR count). The van der Waals surface area contributed by atoms with E-state index in [1.807, 2.05) is 0 Å². The highest BCUT2D eigenvalue weighted by molar-refractivity contribution is 7.89. The zero-order chi connectivity index (χ0) is 18.8. The first kappa shape index (κ1) is 19.0. The number of aryl methyl sites for hydroxylation is 1. The van der Waals surface area contributed by atoms with Crippen molar-refractivity contribution in [2.45, 2.75) is 18.4 Å². The van der Waals surface area contributed by atoms with E-state index in [0.29, 0.717) is 17.5 Å². The number of hydrogen-bond donors (Lipinski definition) is 1. The zero-order valence-corrected chi connectivity index (χ0v) is 15.6. The first-order chi connectivity index (χ1) is 11.6. The molecule has 8 nitrogen and oxygen atoms in total. The van der Waals surface area contributed by atoms with Gasteiger partial charge in [0.2, 0.25) is 21.9 Å². The maximum absolute atomic E-state index is 13.2. The fraction of sp³-hybridized carbons (Fsp3) is 0.400. The van der Waals surface area contributed by atoms with Gasteiger partial charge in [-0.05, 0) is 30.7 Å². The highest BCUT2D eigenvalue weighted by Crippen LogP contribution is 2.17. The van der Waals surface area contributed by atoms with E-state index in [-0.39, 0.29) is 17.3 Å². The summed E-state index contributed by atoms with van der Waals surface area (Å²) in [5.74, 6) is 0.641. The van der Waals surface area contributed by atoms with E-state index >= 15 is 0 Å². The highest BCUT2D eigenvalue weighted by Gasteiger charge is 2.18. The molecule has 25 heavy (non-hydrogen) atoms. The molecule has 2 aromatic rings. The van der Waals surface area contributed by atoms with Crippen LogP contribution in [0, 0.1) is 12.7 Å². The minimum absolute atomic E-state index is 0.0172. The van der Waals surface area contributed by atoms with Gasteiger partial charge in [0.15, 0.2) is 5.82 Å². The highest BCUT2D eigenvalue weighted by atomic mass is 32.2. The maximum atomic E-state index is 13.2. The Morgan fingerprint density at radius 2 is 1.60 bits per heavy atom. The molecule has 1 N–H and O–H groups in total. The first-order valence-corrected chi connectivity index (χ1v) is 8.94. The molecule has 0 aliphatic carbocycles. The first-order valence-electron chi connectivity index (χ1n) is 7.45. The predicted molar refractivity (Wildman–Crippen MR) is 93.6 cm³/mol. The van der Waals surface area contributed by atoms with Crippen LogP contribution in [-0.4, -0.2) is 51.6 Å². The Balaban J connectivity index is 2.28. The fourth-order valence-electron chi connectivity index (χ4n) is 2.03. The molecule has 0 bridgehead atoms. The largest absolute Gasteiger partial charge is 0.347 e. The Labute approximate surface area is 146 Å². The Bertz CT molecular complexity index is 844. The van der Waals surface area contributed by atoms with Gasteiger partial charge in [0, 0.05) is 28.2 Å². The number of benzene rings is 1. The van der Waals surface area contributed by atoms with Crippen LogP contribution in [0.4, 0.5) is 16.3 Å². The molecule has 1 aromatic carbocycles. The Morgan fingerprint density at radius 3 is 2.08 bits per heavy atom. The van der Waals surface area contributed by atoms with Crippen LogP contribution in [0.1, 0.15) is 11.4 Å². The van der Waals surface area contributed by atoms with Crippen molar-refractivity contribution in [3.05, 3.63) is 35.4 Å². The summed E-state index contributed by atoms with van der Waals surface area (Å²) < 4.78 is 40.5. The second kappa shape index (κ2) is 7.28. The molecule has 10 heteroatoms. The number of hydrogen-bond acceptors (Lipinski definition) is 7. The van der Waals surface area contributed by atoms with Gasteiger partial charge in [-0.3, -0.25) is 0 Å². The molecule has 0 aliphatic rings. The van der Waals surface area contributed by atoms with E-state index in [9.17, 15) is 12.8 Å². The lowest BCUT2D eigenvalue weighted by molar-refractivity contribution is 0.577. The second-order valence-electron chi connectivity index (χ2n) is 5.87. The van der Waals surface area contributed by atoms with Crippen molar-refractivity contribution in [3.63, 3.8) is 0 Å². The summed E-state index contributed by atoms with van der Waals surface area (Å²) in [4.78, 5) is 16.2. The van der Waals surface area contributed by atoms with Gasteiger partial charge in [0.05, 0.1) is 11.4 Å². The minimum Gasteiger partial charge on any atom is -0.347 e. The number of sulfonamides is 1. The molecule has 0 atom stereocenters. The summed E-state index contributed by atoms with van der Waals surface area (Å²) in [6, 6.07) is 3.52. The van der Waals surface area contributed by atoms with Crippen LogP contribution in [0.2, 0.25) is 0 Å². The van der Waals surface area contributed by atoms with Crippen molar-refractivity contribution in [1.29, 1.82) is 0 Å². The molecule has 0 aliphatic heterocycles. The third kappa shape index (κ3) is 4.60. The fourth-order valence-corrected chi connectivity index (χ4v) is 3.23. The monoisotopic (exact) mass is 368 g/mol. The molecule has 136 valence electrons. The average Bonchev–Trinajstić information content (AvgIpc) is 2.52. The molecule has 0 spiro atoms. The number of anilines is 2. The average molecular weight is 368 g/mol. The van der Waals surface area contributed by atoms with E-state index < -0.39 is 15.8 Å². The molecule has 1 heterocycles. The number of aromatic nitrogens is 3. The summed E-state index contributed by atoms with van der Waals surface area (Å²) in [5.41, 5.74) is 0.325. The quantitative estimate of drug-likeness (QED) is 0.811. The van der Waals surface area contributed by atoms with Gasteiger partial charge in [0.25, 0.3) is 0 Å². The van der Waals surface area contributed by atoms with Gasteiger partial charge in [0.1, 0.15) is 5.82 Å². The molecule has 0 radical (unpaired) electrons. The molecular formula is C15H21FN6O2S. The minimum atomic E-state index is -3.82. The Hall–Kier alpha value is -2.33. The third-order valence-electron chi connectivity index (χ3n) is 3.30. The molecule has 1 aromatic heterocycles. The number of nitrogens with zero attached hydrogens (tertiary/aromatic N) is 5. The van der Waals surface area contributed by atoms with Crippen molar-refractivity contribution in [1.82, 2.24) is 19.7 Å². The Morgan fingerprint density at radius 1 is 1.04 bits per heavy atom. The lowest BCUT2D eigenvalue weighted by Crippen LogP contribution is -2.27. The Kier molecular flexibility index (Phi) is 5.53. The van der Waals surface area contributed by atoms with Crippen LogP contribution in [0.15, 0.2) is 23.1 Å². The van der Waals surface area contributed by atoms with Crippen molar-refractivity contribution in [3.8, 4) is 0 Å².